The largest absolute Gasteiger partial charge is 0.103 e. The van der Waals surface area contributed by atoms with Gasteiger partial charge in [-0.3, -0.25) is 0 Å². The first-order valence-corrected chi connectivity index (χ1v) is 7.31. The number of aryl methyl sites for hydroxylation is 5. The van der Waals surface area contributed by atoms with Gasteiger partial charge < -0.3 is 0 Å². The van der Waals surface area contributed by atoms with Crippen LogP contribution in [0.2, 0.25) is 0 Å². The number of hydrogen-bond acceptors (Lipinski definition) is 0. The topological polar surface area (TPSA) is 0 Å². The molecule has 0 saturated carbocycles. The Hall–Kier alpha value is -1.82. The molecular weight excluding hydrogens is 240 g/mol. The van der Waals surface area contributed by atoms with Gasteiger partial charge in [-0.1, -0.05) is 36.4 Å². The predicted octanol–water partition coefficient (Wildman–Crippen LogP) is 5.71. The van der Waals surface area contributed by atoms with Crippen LogP contribution in [-0.4, -0.2) is 0 Å². The summed E-state index contributed by atoms with van der Waals surface area (Å²) in [5.41, 5.74) is 9.57. The molecule has 2 rings (SSSR count). The van der Waals surface area contributed by atoms with E-state index in [9.17, 15) is 0 Å². The van der Waals surface area contributed by atoms with E-state index in [-0.39, 0.29) is 0 Å². The monoisotopic (exact) mass is 264 g/mol. The lowest BCUT2D eigenvalue weighted by molar-refractivity contribution is 1.00. The molecular formula is C20H24. The maximum absolute atomic E-state index is 3.84. The predicted molar refractivity (Wildman–Crippen MR) is 89.3 cm³/mol. The summed E-state index contributed by atoms with van der Waals surface area (Å²) in [6, 6.07) is 11.4. The van der Waals surface area contributed by atoms with Crippen LogP contribution >= 0.6 is 0 Å². The lowest BCUT2D eigenvalue weighted by Gasteiger charge is -2.14. The van der Waals surface area contributed by atoms with Gasteiger partial charge in [0.25, 0.3) is 0 Å². The second kappa shape index (κ2) is 6.09. The maximum Gasteiger partial charge on any atom is -0.0149 e. The van der Waals surface area contributed by atoms with Crippen molar-refractivity contribution in [2.24, 2.45) is 0 Å². The summed E-state index contributed by atoms with van der Waals surface area (Å²) in [5, 5.41) is 0. The number of benzene rings is 2. The van der Waals surface area contributed by atoms with Crippen molar-refractivity contribution in [2.75, 3.05) is 0 Å². The summed E-state index contributed by atoms with van der Waals surface area (Å²) in [5.74, 6) is 0. The summed E-state index contributed by atoms with van der Waals surface area (Å²) in [6.45, 7) is 12.6. The van der Waals surface area contributed by atoms with Crippen LogP contribution in [0.1, 0.15) is 34.2 Å². The molecule has 0 aromatic heterocycles. The van der Waals surface area contributed by atoms with E-state index >= 15 is 0 Å². The summed E-state index contributed by atoms with van der Waals surface area (Å²) < 4.78 is 0. The third-order valence-electron chi connectivity index (χ3n) is 4.16. The zero-order valence-electron chi connectivity index (χ0n) is 13.1. The van der Waals surface area contributed by atoms with Crippen molar-refractivity contribution in [3.05, 3.63) is 70.8 Å². The van der Waals surface area contributed by atoms with E-state index in [0.717, 1.165) is 12.8 Å². The van der Waals surface area contributed by atoms with E-state index in [2.05, 4.69) is 64.6 Å². The van der Waals surface area contributed by atoms with Crippen molar-refractivity contribution in [3.63, 3.8) is 0 Å². The third-order valence-corrected chi connectivity index (χ3v) is 4.16. The summed E-state index contributed by atoms with van der Waals surface area (Å²) >= 11 is 0. The first kappa shape index (κ1) is 14.6. The van der Waals surface area contributed by atoms with Gasteiger partial charge >= 0.3 is 0 Å². The van der Waals surface area contributed by atoms with Crippen molar-refractivity contribution >= 4 is 0 Å². The van der Waals surface area contributed by atoms with Gasteiger partial charge in [-0.05, 0) is 79.5 Å². The Bertz CT molecular complexity index is 633. The van der Waals surface area contributed by atoms with Crippen molar-refractivity contribution in [3.8, 4) is 11.1 Å². The normalized spacial score (nSPS) is 10.6. The first-order valence-electron chi connectivity index (χ1n) is 7.31. The molecule has 0 saturated heterocycles. The van der Waals surface area contributed by atoms with Crippen LogP contribution in [0.5, 0.6) is 0 Å². The molecule has 0 heterocycles. The highest BCUT2D eigenvalue weighted by molar-refractivity contribution is 5.70. The average Bonchev–Trinajstić information content (AvgIpc) is 2.43. The lowest BCUT2D eigenvalue weighted by Crippen LogP contribution is -1.94. The summed E-state index contributed by atoms with van der Waals surface area (Å²) in [6.07, 6.45) is 4.09. The van der Waals surface area contributed by atoms with Crippen LogP contribution < -0.4 is 0 Å². The standard InChI is InChI=1S/C20H24/c1-6-7-8-18-12-16(4)17(5)13-20(18)19-10-9-14(2)15(3)11-19/h6,9-13H,1,7-8H2,2-5H3. The second-order valence-corrected chi connectivity index (χ2v) is 5.72. The van der Waals surface area contributed by atoms with Gasteiger partial charge in [-0.15, -0.1) is 6.58 Å². The van der Waals surface area contributed by atoms with Crippen LogP contribution in [0.3, 0.4) is 0 Å². The SMILES string of the molecule is C=CCCc1cc(C)c(C)cc1-c1ccc(C)c(C)c1. The highest BCUT2D eigenvalue weighted by atomic mass is 14.1. The van der Waals surface area contributed by atoms with Gasteiger partial charge in [0.1, 0.15) is 0 Å². The smallest absolute Gasteiger partial charge is 0.0149 e. The molecule has 0 spiro atoms. The van der Waals surface area contributed by atoms with Crippen molar-refractivity contribution in [1.82, 2.24) is 0 Å². The minimum atomic E-state index is 1.03. The molecule has 2 aromatic rings. The van der Waals surface area contributed by atoms with Gasteiger partial charge in [0.2, 0.25) is 0 Å². The molecule has 104 valence electrons. The molecule has 0 aliphatic carbocycles. The molecule has 0 amide bonds. The molecule has 0 aliphatic heterocycles. The van der Waals surface area contributed by atoms with Crippen LogP contribution in [-0.2, 0) is 6.42 Å². The lowest BCUT2D eigenvalue weighted by atomic mass is 9.91. The summed E-state index contributed by atoms with van der Waals surface area (Å²) in [4.78, 5) is 0. The molecule has 0 unspecified atom stereocenters. The molecule has 0 radical (unpaired) electrons. The van der Waals surface area contributed by atoms with E-state index in [4.69, 9.17) is 0 Å². The number of hydrogen-bond donors (Lipinski definition) is 0. The molecule has 0 fully saturated rings. The minimum absolute atomic E-state index is 1.03. The Labute approximate surface area is 123 Å². The van der Waals surface area contributed by atoms with Gasteiger partial charge in [0.05, 0.1) is 0 Å². The maximum atomic E-state index is 3.84. The van der Waals surface area contributed by atoms with Gasteiger partial charge in [0, 0.05) is 0 Å². The third kappa shape index (κ3) is 3.01. The van der Waals surface area contributed by atoms with E-state index in [1.807, 2.05) is 6.08 Å². The van der Waals surface area contributed by atoms with Crippen molar-refractivity contribution in [1.29, 1.82) is 0 Å². The van der Waals surface area contributed by atoms with E-state index in [0.29, 0.717) is 0 Å². The Balaban J connectivity index is 2.55. The summed E-state index contributed by atoms with van der Waals surface area (Å²) in [7, 11) is 0. The highest BCUT2D eigenvalue weighted by Gasteiger charge is 2.08. The van der Waals surface area contributed by atoms with Gasteiger partial charge in [-0.2, -0.15) is 0 Å². The second-order valence-electron chi connectivity index (χ2n) is 5.72. The van der Waals surface area contributed by atoms with E-state index < -0.39 is 0 Å². The Kier molecular flexibility index (Phi) is 4.44. The Morgan fingerprint density at radius 3 is 2.15 bits per heavy atom. The molecule has 20 heavy (non-hydrogen) atoms. The van der Waals surface area contributed by atoms with E-state index in [1.54, 1.807) is 0 Å². The quantitative estimate of drug-likeness (QED) is 0.621. The Morgan fingerprint density at radius 2 is 1.50 bits per heavy atom. The zero-order chi connectivity index (χ0) is 14.7. The number of allylic oxidation sites excluding steroid dienone is 1. The molecule has 0 aliphatic rings. The number of rotatable bonds is 4. The van der Waals surface area contributed by atoms with Crippen molar-refractivity contribution in [2.45, 2.75) is 40.5 Å². The molecule has 2 aromatic carbocycles. The fraction of sp³-hybridized carbons (Fsp3) is 0.300. The van der Waals surface area contributed by atoms with Crippen LogP contribution in [0.15, 0.2) is 43.0 Å². The highest BCUT2D eigenvalue weighted by Crippen LogP contribution is 2.29. The molecule has 0 N–H and O–H groups in total. The molecule has 0 atom stereocenters. The van der Waals surface area contributed by atoms with Gasteiger partial charge in [0.15, 0.2) is 0 Å². The minimum Gasteiger partial charge on any atom is -0.103 e. The van der Waals surface area contributed by atoms with Crippen LogP contribution in [0, 0.1) is 27.7 Å². The van der Waals surface area contributed by atoms with Crippen LogP contribution in [0.25, 0.3) is 11.1 Å². The fourth-order valence-electron chi connectivity index (χ4n) is 2.52. The Morgan fingerprint density at radius 1 is 0.850 bits per heavy atom. The van der Waals surface area contributed by atoms with Crippen LogP contribution in [0.4, 0.5) is 0 Å². The fourth-order valence-corrected chi connectivity index (χ4v) is 2.52. The first-order chi connectivity index (χ1) is 9.52. The zero-order valence-corrected chi connectivity index (χ0v) is 13.1. The molecule has 0 heteroatoms. The molecule has 0 bridgehead atoms. The van der Waals surface area contributed by atoms with Gasteiger partial charge in [-0.25, -0.2) is 0 Å². The average molecular weight is 264 g/mol. The molecule has 0 nitrogen and oxygen atoms in total. The van der Waals surface area contributed by atoms with E-state index in [1.165, 1.54) is 38.9 Å². The van der Waals surface area contributed by atoms with Crippen molar-refractivity contribution < 1.29 is 0 Å².